The zero-order valence-corrected chi connectivity index (χ0v) is 11.4. The van der Waals surface area contributed by atoms with Crippen LogP contribution in [0.25, 0.3) is 0 Å². The SMILES string of the molecule is Clc1ccccc1COc1cccc2c1NCCC2. The first-order valence-electron chi connectivity index (χ1n) is 6.56. The van der Waals surface area contributed by atoms with Gasteiger partial charge in [0.2, 0.25) is 0 Å². The summed E-state index contributed by atoms with van der Waals surface area (Å²) in [7, 11) is 0. The van der Waals surface area contributed by atoms with Crippen molar-refractivity contribution in [3.63, 3.8) is 0 Å². The lowest BCUT2D eigenvalue weighted by Gasteiger charge is -2.21. The molecule has 19 heavy (non-hydrogen) atoms. The van der Waals surface area contributed by atoms with Crippen LogP contribution in [0.5, 0.6) is 5.75 Å². The Labute approximate surface area is 118 Å². The van der Waals surface area contributed by atoms with Crippen LogP contribution in [-0.4, -0.2) is 6.54 Å². The third-order valence-electron chi connectivity index (χ3n) is 3.38. The first-order chi connectivity index (χ1) is 9.34. The summed E-state index contributed by atoms with van der Waals surface area (Å²) in [5.41, 5.74) is 3.49. The average molecular weight is 274 g/mol. The van der Waals surface area contributed by atoms with Crippen LogP contribution in [0.15, 0.2) is 42.5 Å². The standard InChI is InChI=1S/C16H16ClNO/c17-14-8-2-1-5-13(14)11-19-15-9-3-6-12-7-4-10-18-16(12)15/h1-3,5-6,8-9,18H,4,7,10-11H2. The highest BCUT2D eigenvalue weighted by atomic mass is 35.5. The van der Waals surface area contributed by atoms with E-state index in [0.717, 1.165) is 35.0 Å². The van der Waals surface area contributed by atoms with Gasteiger partial charge in [0, 0.05) is 17.1 Å². The number of hydrogen-bond donors (Lipinski definition) is 1. The van der Waals surface area contributed by atoms with Crippen LogP contribution in [0.2, 0.25) is 5.02 Å². The molecule has 0 aromatic heterocycles. The summed E-state index contributed by atoms with van der Waals surface area (Å²) in [6.07, 6.45) is 2.30. The fraction of sp³-hybridized carbons (Fsp3) is 0.250. The molecule has 0 fully saturated rings. The molecule has 1 N–H and O–H groups in total. The molecule has 1 aliphatic heterocycles. The van der Waals surface area contributed by atoms with Crippen molar-refractivity contribution in [2.45, 2.75) is 19.4 Å². The molecule has 0 saturated heterocycles. The van der Waals surface area contributed by atoms with E-state index < -0.39 is 0 Å². The van der Waals surface area contributed by atoms with Gasteiger partial charge < -0.3 is 10.1 Å². The monoisotopic (exact) mass is 273 g/mol. The highest BCUT2D eigenvalue weighted by Crippen LogP contribution is 2.32. The van der Waals surface area contributed by atoms with Gasteiger partial charge in [0.05, 0.1) is 5.69 Å². The van der Waals surface area contributed by atoms with Crippen molar-refractivity contribution in [1.82, 2.24) is 0 Å². The third-order valence-corrected chi connectivity index (χ3v) is 3.75. The number of anilines is 1. The van der Waals surface area contributed by atoms with Crippen LogP contribution < -0.4 is 10.1 Å². The topological polar surface area (TPSA) is 21.3 Å². The number of ether oxygens (including phenoxy) is 1. The van der Waals surface area contributed by atoms with Gasteiger partial charge in [-0.15, -0.1) is 0 Å². The molecule has 0 radical (unpaired) electrons. The smallest absolute Gasteiger partial charge is 0.143 e. The largest absolute Gasteiger partial charge is 0.487 e. The number of rotatable bonds is 3. The second-order valence-corrected chi connectivity index (χ2v) is 5.11. The zero-order chi connectivity index (χ0) is 13.1. The average Bonchev–Trinajstić information content (AvgIpc) is 2.46. The Hall–Kier alpha value is -1.67. The molecule has 0 saturated carbocycles. The molecule has 0 aliphatic carbocycles. The molecule has 0 atom stereocenters. The number of benzene rings is 2. The molecule has 0 spiro atoms. The molecule has 2 aromatic carbocycles. The molecule has 98 valence electrons. The summed E-state index contributed by atoms with van der Waals surface area (Å²) in [5, 5.41) is 4.17. The number of nitrogens with one attached hydrogen (secondary N) is 1. The Bertz CT molecular complexity index is 583. The molecule has 0 amide bonds. The summed E-state index contributed by atoms with van der Waals surface area (Å²) in [5.74, 6) is 0.914. The number of halogens is 1. The van der Waals surface area contributed by atoms with Crippen LogP contribution in [0.1, 0.15) is 17.5 Å². The van der Waals surface area contributed by atoms with Crippen LogP contribution in [-0.2, 0) is 13.0 Å². The van der Waals surface area contributed by atoms with Gasteiger partial charge in [-0.05, 0) is 30.5 Å². The summed E-state index contributed by atoms with van der Waals surface area (Å²) in [6.45, 7) is 1.51. The summed E-state index contributed by atoms with van der Waals surface area (Å²) >= 11 is 6.14. The van der Waals surface area contributed by atoms with Gasteiger partial charge in [-0.1, -0.05) is 41.9 Å². The summed E-state index contributed by atoms with van der Waals surface area (Å²) in [6, 6.07) is 14.0. The van der Waals surface area contributed by atoms with E-state index in [1.807, 2.05) is 36.4 Å². The highest BCUT2D eigenvalue weighted by Gasteiger charge is 2.13. The Morgan fingerprint density at radius 1 is 1.11 bits per heavy atom. The highest BCUT2D eigenvalue weighted by molar-refractivity contribution is 6.31. The van der Waals surface area contributed by atoms with Crippen molar-refractivity contribution in [2.75, 3.05) is 11.9 Å². The first-order valence-corrected chi connectivity index (χ1v) is 6.94. The van der Waals surface area contributed by atoms with Crippen molar-refractivity contribution in [1.29, 1.82) is 0 Å². The van der Waals surface area contributed by atoms with E-state index in [9.17, 15) is 0 Å². The van der Waals surface area contributed by atoms with Gasteiger partial charge in [-0.3, -0.25) is 0 Å². The minimum atomic E-state index is 0.498. The summed E-state index contributed by atoms with van der Waals surface area (Å²) < 4.78 is 5.92. The van der Waals surface area contributed by atoms with Gasteiger partial charge in [-0.25, -0.2) is 0 Å². The Morgan fingerprint density at radius 2 is 2.00 bits per heavy atom. The van der Waals surface area contributed by atoms with E-state index in [4.69, 9.17) is 16.3 Å². The molecule has 1 heterocycles. The lowest BCUT2D eigenvalue weighted by atomic mass is 10.0. The van der Waals surface area contributed by atoms with Crippen molar-refractivity contribution >= 4 is 17.3 Å². The number of para-hydroxylation sites is 1. The van der Waals surface area contributed by atoms with E-state index in [0.29, 0.717) is 6.61 Å². The fourth-order valence-electron chi connectivity index (χ4n) is 2.37. The molecule has 1 aliphatic rings. The van der Waals surface area contributed by atoms with Crippen molar-refractivity contribution in [3.8, 4) is 5.75 Å². The number of aryl methyl sites for hydroxylation is 1. The second-order valence-electron chi connectivity index (χ2n) is 4.70. The number of fused-ring (bicyclic) bond motifs is 1. The van der Waals surface area contributed by atoms with Crippen molar-refractivity contribution in [2.24, 2.45) is 0 Å². The third kappa shape index (κ3) is 2.69. The van der Waals surface area contributed by atoms with E-state index >= 15 is 0 Å². The lowest BCUT2D eigenvalue weighted by molar-refractivity contribution is 0.307. The van der Waals surface area contributed by atoms with E-state index in [-0.39, 0.29) is 0 Å². The lowest BCUT2D eigenvalue weighted by Crippen LogP contribution is -2.13. The molecule has 0 unspecified atom stereocenters. The maximum atomic E-state index is 6.14. The summed E-state index contributed by atoms with van der Waals surface area (Å²) in [4.78, 5) is 0. The molecule has 2 nitrogen and oxygen atoms in total. The van der Waals surface area contributed by atoms with Gasteiger partial charge in [0.15, 0.2) is 0 Å². The van der Waals surface area contributed by atoms with Crippen LogP contribution >= 0.6 is 11.6 Å². The Kier molecular flexibility index (Phi) is 3.60. The Morgan fingerprint density at radius 3 is 2.89 bits per heavy atom. The Balaban J connectivity index is 1.79. The minimum Gasteiger partial charge on any atom is -0.487 e. The number of hydrogen-bond acceptors (Lipinski definition) is 2. The predicted octanol–water partition coefficient (Wildman–Crippen LogP) is 4.28. The second kappa shape index (κ2) is 5.54. The molecular weight excluding hydrogens is 258 g/mol. The van der Waals surface area contributed by atoms with Crippen LogP contribution in [0, 0.1) is 0 Å². The van der Waals surface area contributed by atoms with E-state index in [1.54, 1.807) is 0 Å². The fourth-order valence-corrected chi connectivity index (χ4v) is 2.56. The maximum absolute atomic E-state index is 6.14. The van der Waals surface area contributed by atoms with Crippen LogP contribution in [0.3, 0.4) is 0 Å². The maximum Gasteiger partial charge on any atom is 0.143 e. The van der Waals surface area contributed by atoms with Gasteiger partial charge in [0.25, 0.3) is 0 Å². The van der Waals surface area contributed by atoms with Crippen molar-refractivity contribution in [3.05, 3.63) is 58.6 Å². The minimum absolute atomic E-state index is 0.498. The van der Waals surface area contributed by atoms with E-state index in [1.165, 1.54) is 12.0 Å². The zero-order valence-electron chi connectivity index (χ0n) is 10.7. The molecule has 3 rings (SSSR count). The van der Waals surface area contributed by atoms with Gasteiger partial charge in [0.1, 0.15) is 12.4 Å². The molecular formula is C16H16ClNO. The molecule has 3 heteroatoms. The molecule has 0 bridgehead atoms. The van der Waals surface area contributed by atoms with Gasteiger partial charge >= 0.3 is 0 Å². The normalized spacial score (nSPS) is 13.5. The van der Waals surface area contributed by atoms with Gasteiger partial charge in [-0.2, -0.15) is 0 Å². The first kappa shape index (κ1) is 12.4. The molecule has 2 aromatic rings. The quantitative estimate of drug-likeness (QED) is 0.901. The van der Waals surface area contributed by atoms with Crippen LogP contribution in [0.4, 0.5) is 5.69 Å². The van der Waals surface area contributed by atoms with E-state index in [2.05, 4.69) is 11.4 Å². The predicted molar refractivity (Wildman–Crippen MR) is 79.0 cm³/mol. The van der Waals surface area contributed by atoms with Crippen molar-refractivity contribution < 1.29 is 4.74 Å².